The third-order valence-electron chi connectivity index (χ3n) is 2.59. The van der Waals surface area contributed by atoms with Crippen LogP contribution in [0.25, 0.3) is 0 Å². The molecule has 0 unspecified atom stereocenters. The van der Waals surface area contributed by atoms with Crippen molar-refractivity contribution in [3.63, 3.8) is 0 Å². The van der Waals surface area contributed by atoms with E-state index in [9.17, 15) is 17.2 Å². The van der Waals surface area contributed by atoms with Gasteiger partial charge in [-0.15, -0.1) is 0 Å². The first-order valence-corrected chi connectivity index (χ1v) is 7.59. The van der Waals surface area contributed by atoms with Crippen LogP contribution in [0.15, 0.2) is 41.3 Å². The molecular formula is C13H10ClF2NO3S. The van der Waals surface area contributed by atoms with Gasteiger partial charge in [0.25, 0.3) is 0 Å². The number of halogens is 3. The molecule has 8 heteroatoms. The quantitative estimate of drug-likeness (QED) is 0.935. The van der Waals surface area contributed by atoms with E-state index in [1.165, 1.54) is 12.1 Å². The Hall–Kier alpha value is -1.70. The number of hydrogen-bond donors (Lipinski definition) is 1. The molecule has 0 radical (unpaired) electrons. The summed E-state index contributed by atoms with van der Waals surface area (Å²) in [6.45, 7) is -0.123. The van der Waals surface area contributed by atoms with E-state index in [0.717, 1.165) is 24.3 Å². The lowest BCUT2D eigenvalue weighted by Gasteiger charge is -2.10. The van der Waals surface area contributed by atoms with E-state index in [2.05, 4.69) is 0 Å². The number of benzene rings is 2. The van der Waals surface area contributed by atoms with Crippen LogP contribution in [0.5, 0.6) is 5.75 Å². The maximum atomic E-state index is 13.3. The lowest BCUT2D eigenvalue weighted by atomic mass is 10.2. The zero-order chi connectivity index (χ0) is 15.6. The van der Waals surface area contributed by atoms with Crippen LogP contribution in [0.2, 0.25) is 5.02 Å². The lowest BCUT2D eigenvalue weighted by Crippen LogP contribution is -2.14. The number of nitrogens with two attached hydrogens (primary N) is 1. The topological polar surface area (TPSA) is 69.4 Å². The fraction of sp³-hybridized carbons (Fsp3) is 0.0769. The van der Waals surface area contributed by atoms with Gasteiger partial charge in [0.05, 0.1) is 5.02 Å². The Morgan fingerprint density at radius 1 is 1.14 bits per heavy atom. The molecule has 0 saturated carbocycles. The smallest absolute Gasteiger partial charge is 0.241 e. The first kappa shape index (κ1) is 15.7. The summed E-state index contributed by atoms with van der Waals surface area (Å²) >= 11 is 5.55. The average molecular weight is 334 g/mol. The Balaban J connectivity index is 2.26. The first-order valence-electron chi connectivity index (χ1n) is 5.66. The molecule has 0 spiro atoms. The van der Waals surface area contributed by atoms with Crippen molar-refractivity contribution in [3.8, 4) is 5.75 Å². The highest BCUT2D eigenvalue weighted by atomic mass is 35.5. The van der Waals surface area contributed by atoms with Gasteiger partial charge in [0.2, 0.25) is 10.0 Å². The molecule has 112 valence electrons. The first-order chi connectivity index (χ1) is 9.77. The summed E-state index contributed by atoms with van der Waals surface area (Å²) in [5, 5.41) is 4.95. The predicted molar refractivity (Wildman–Crippen MR) is 73.5 cm³/mol. The van der Waals surface area contributed by atoms with E-state index >= 15 is 0 Å². The van der Waals surface area contributed by atoms with Gasteiger partial charge >= 0.3 is 0 Å². The fourth-order valence-corrected chi connectivity index (χ4v) is 2.42. The molecule has 21 heavy (non-hydrogen) atoms. The lowest BCUT2D eigenvalue weighted by molar-refractivity contribution is 0.296. The maximum Gasteiger partial charge on any atom is 0.241 e. The third-order valence-corrected chi connectivity index (χ3v) is 3.83. The Bertz CT molecular complexity index is 781. The van der Waals surface area contributed by atoms with E-state index in [4.69, 9.17) is 21.5 Å². The van der Waals surface area contributed by atoms with Crippen molar-refractivity contribution in [2.24, 2.45) is 5.14 Å². The Kier molecular flexibility index (Phi) is 4.46. The predicted octanol–water partition coefficient (Wildman–Crippen LogP) is 2.84. The van der Waals surface area contributed by atoms with Gasteiger partial charge < -0.3 is 4.74 Å². The van der Waals surface area contributed by atoms with Crippen LogP contribution in [-0.2, 0) is 16.6 Å². The molecule has 2 rings (SSSR count). The van der Waals surface area contributed by atoms with E-state index in [1.807, 2.05) is 0 Å². The second kappa shape index (κ2) is 5.97. The number of rotatable bonds is 4. The molecule has 2 N–H and O–H groups in total. The minimum atomic E-state index is -4.14. The molecule has 0 atom stereocenters. The van der Waals surface area contributed by atoms with E-state index in [0.29, 0.717) is 5.56 Å². The molecule has 2 aromatic carbocycles. The van der Waals surface area contributed by atoms with Crippen LogP contribution >= 0.6 is 11.6 Å². The highest BCUT2D eigenvalue weighted by molar-refractivity contribution is 7.89. The largest absolute Gasteiger partial charge is 0.487 e. The minimum Gasteiger partial charge on any atom is -0.487 e. The second-order valence-corrected chi connectivity index (χ2v) is 6.11. The SMILES string of the molecule is NS(=O)(=O)c1cc(F)ccc1OCc1ccc(Cl)c(F)c1. The molecule has 0 bridgehead atoms. The molecule has 0 aliphatic carbocycles. The number of ether oxygens (including phenoxy) is 1. The molecular weight excluding hydrogens is 324 g/mol. The molecule has 0 aliphatic rings. The van der Waals surface area contributed by atoms with Crippen molar-refractivity contribution in [3.05, 3.63) is 58.6 Å². The zero-order valence-electron chi connectivity index (χ0n) is 10.5. The number of sulfonamides is 1. The summed E-state index contributed by atoms with van der Waals surface area (Å²) in [6.07, 6.45) is 0. The Morgan fingerprint density at radius 3 is 2.48 bits per heavy atom. The monoisotopic (exact) mass is 333 g/mol. The van der Waals surface area contributed by atoms with Crippen molar-refractivity contribution in [2.75, 3.05) is 0 Å². The van der Waals surface area contributed by atoms with Gasteiger partial charge in [-0.3, -0.25) is 0 Å². The van der Waals surface area contributed by atoms with Crippen LogP contribution < -0.4 is 9.88 Å². The summed E-state index contributed by atoms with van der Waals surface area (Å²) in [5.74, 6) is -1.50. The molecule has 4 nitrogen and oxygen atoms in total. The van der Waals surface area contributed by atoms with Gasteiger partial charge in [0.1, 0.15) is 28.9 Å². The zero-order valence-corrected chi connectivity index (χ0v) is 12.1. The standard InChI is InChI=1S/C13H10ClF2NO3S/c14-10-3-1-8(5-11(10)16)7-20-12-4-2-9(15)6-13(12)21(17,18)19/h1-6H,7H2,(H2,17,18,19). The third kappa shape index (κ3) is 3.90. The number of primary sulfonamides is 1. The molecule has 0 heterocycles. The highest BCUT2D eigenvalue weighted by Gasteiger charge is 2.16. The van der Waals surface area contributed by atoms with Gasteiger partial charge in [0.15, 0.2) is 0 Å². The van der Waals surface area contributed by atoms with Crippen molar-refractivity contribution in [2.45, 2.75) is 11.5 Å². The van der Waals surface area contributed by atoms with Gasteiger partial charge in [-0.2, -0.15) is 0 Å². The average Bonchev–Trinajstić information content (AvgIpc) is 2.40. The van der Waals surface area contributed by atoms with Gasteiger partial charge in [0, 0.05) is 0 Å². The summed E-state index contributed by atoms with van der Waals surface area (Å²) in [6, 6.07) is 6.95. The molecule has 0 aliphatic heterocycles. The maximum absolute atomic E-state index is 13.3. The van der Waals surface area contributed by atoms with Crippen LogP contribution in [0.3, 0.4) is 0 Å². The van der Waals surface area contributed by atoms with Gasteiger partial charge in [-0.25, -0.2) is 22.3 Å². The second-order valence-electron chi connectivity index (χ2n) is 4.17. The summed E-state index contributed by atoms with van der Waals surface area (Å²) in [5.41, 5.74) is 0.432. The van der Waals surface area contributed by atoms with Crippen molar-refractivity contribution < 1.29 is 21.9 Å². The van der Waals surface area contributed by atoms with Crippen LogP contribution in [0.1, 0.15) is 5.56 Å². The van der Waals surface area contributed by atoms with Crippen molar-refractivity contribution in [1.82, 2.24) is 0 Å². The Labute approximate surface area is 125 Å². The van der Waals surface area contributed by atoms with E-state index in [-0.39, 0.29) is 17.4 Å². The van der Waals surface area contributed by atoms with Crippen LogP contribution in [-0.4, -0.2) is 8.42 Å². The molecule has 0 aromatic heterocycles. The normalized spacial score (nSPS) is 11.4. The summed E-state index contributed by atoms with van der Waals surface area (Å²) < 4.78 is 54.4. The van der Waals surface area contributed by atoms with Crippen molar-refractivity contribution >= 4 is 21.6 Å². The van der Waals surface area contributed by atoms with E-state index in [1.54, 1.807) is 0 Å². The minimum absolute atomic E-state index is 0.0363. The highest BCUT2D eigenvalue weighted by Crippen LogP contribution is 2.25. The van der Waals surface area contributed by atoms with Crippen LogP contribution in [0, 0.1) is 11.6 Å². The van der Waals surface area contributed by atoms with Gasteiger partial charge in [-0.1, -0.05) is 17.7 Å². The van der Waals surface area contributed by atoms with Crippen molar-refractivity contribution in [1.29, 1.82) is 0 Å². The van der Waals surface area contributed by atoms with Crippen LogP contribution in [0.4, 0.5) is 8.78 Å². The Morgan fingerprint density at radius 2 is 1.86 bits per heavy atom. The summed E-state index contributed by atoms with van der Waals surface area (Å²) in [7, 11) is -4.14. The summed E-state index contributed by atoms with van der Waals surface area (Å²) in [4.78, 5) is -0.475. The molecule has 2 aromatic rings. The molecule has 0 saturated heterocycles. The van der Waals surface area contributed by atoms with E-state index < -0.39 is 26.6 Å². The number of hydrogen-bond acceptors (Lipinski definition) is 3. The molecule has 0 fully saturated rings. The molecule has 0 amide bonds. The fourth-order valence-electron chi connectivity index (χ4n) is 1.61. The van der Waals surface area contributed by atoms with Gasteiger partial charge in [-0.05, 0) is 35.9 Å².